The predicted molar refractivity (Wildman–Crippen MR) is 63.6 cm³/mol. The molecule has 1 aliphatic heterocycles. The molecule has 1 fully saturated rings. The number of ether oxygens (including phenoxy) is 1. The van der Waals surface area contributed by atoms with E-state index < -0.39 is 6.16 Å². The van der Waals surface area contributed by atoms with E-state index in [0.29, 0.717) is 19.4 Å². The number of carbonyl (C=O) groups is 3. The molecule has 104 valence electrons. The maximum Gasteiger partial charge on any atom is 0.505 e. The summed E-state index contributed by atoms with van der Waals surface area (Å²) in [5.74, 6) is -0.207. The van der Waals surface area contributed by atoms with Crippen LogP contribution >= 0.6 is 0 Å². The van der Waals surface area contributed by atoms with E-state index in [2.05, 4.69) is 15.6 Å². The second-order valence-electron chi connectivity index (χ2n) is 3.77. The summed E-state index contributed by atoms with van der Waals surface area (Å²) in [5, 5.41) is 7.92. The van der Waals surface area contributed by atoms with Gasteiger partial charge in [0.1, 0.15) is 0 Å². The summed E-state index contributed by atoms with van der Waals surface area (Å²) in [5.41, 5.74) is 4.59. The van der Waals surface area contributed by atoms with E-state index in [-0.39, 0.29) is 11.8 Å². The van der Waals surface area contributed by atoms with E-state index in [4.69, 9.17) is 5.11 Å². The first-order valence-electron chi connectivity index (χ1n) is 5.99. The molecule has 0 aromatic rings. The number of hydrogen-bond acceptors (Lipinski definition) is 4. The SMILES string of the molecule is CCCCOC(=O)O.O=C1CCCCC(=O)NN1. The van der Waals surface area contributed by atoms with Crippen LogP contribution in [0.25, 0.3) is 0 Å². The maximum absolute atomic E-state index is 10.7. The zero-order chi connectivity index (χ0) is 13.8. The lowest BCUT2D eigenvalue weighted by molar-refractivity contribution is -0.130. The van der Waals surface area contributed by atoms with Crippen molar-refractivity contribution < 1.29 is 24.2 Å². The van der Waals surface area contributed by atoms with Crippen LogP contribution in [0, 0.1) is 0 Å². The van der Waals surface area contributed by atoms with Crippen LogP contribution in [0.5, 0.6) is 0 Å². The lowest BCUT2D eigenvalue weighted by Gasteiger charge is -2.09. The molecule has 1 rings (SSSR count). The Morgan fingerprint density at radius 3 is 2.11 bits per heavy atom. The molecule has 0 bridgehead atoms. The van der Waals surface area contributed by atoms with E-state index >= 15 is 0 Å². The third-order valence-electron chi connectivity index (χ3n) is 2.12. The third kappa shape index (κ3) is 10.7. The molecule has 18 heavy (non-hydrogen) atoms. The zero-order valence-electron chi connectivity index (χ0n) is 10.5. The van der Waals surface area contributed by atoms with Gasteiger partial charge in [-0.1, -0.05) is 13.3 Å². The van der Waals surface area contributed by atoms with Gasteiger partial charge in [-0.25, -0.2) is 4.79 Å². The topological polar surface area (TPSA) is 105 Å². The largest absolute Gasteiger partial charge is 0.505 e. The van der Waals surface area contributed by atoms with Crippen molar-refractivity contribution in [1.82, 2.24) is 10.9 Å². The molecule has 1 saturated heterocycles. The van der Waals surface area contributed by atoms with Crippen LogP contribution in [-0.2, 0) is 14.3 Å². The highest BCUT2D eigenvalue weighted by molar-refractivity contribution is 5.82. The minimum atomic E-state index is -1.18. The van der Waals surface area contributed by atoms with Gasteiger partial charge in [-0.05, 0) is 19.3 Å². The summed E-state index contributed by atoms with van der Waals surface area (Å²) in [6.07, 6.45) is 3.23. The summed E-state index contributed by atoms with van der Waals surface area (Å²) in [4.78, 5) is 31.0. The Kier molecular flexibility index (Phi) is 9.34. The van der Waals surface area contributed by atoms with E-state index in [1.165, 1.54) is 0 Å². The molecule has 1 aliphatic rings. The zero-order valence-corrected chi connectivity index (χ0v) is 10.5. The number of carboxylic acid groups (broad SMARTS) is 1. The number of unbranched alkanes of at least 4 members (excludes halogenated alkanes) is 1. The second-order valence-corrected chi connectivity index (χ2v) is 3.77. The number of amides is 2. The van der Waals surface area contributed by atoms with E-state index in [0.717, 1.165) is 25.7 Å². The van der Waals surface area contributed by atoms with Crippen molar-refractivity contribution >= 4 is 18.0 Å². The van der Waals surface area contributed by atoms with Crippen LogP contribution in [0.4, 0.5) is 4.79 Å². The average Bonchev–Trinajstić information content (AvgIpc) is 2.31. The number of hydrazine groups is 1. The van der Waals surface area contributed by atoms with Crippen LogP contribution in [0.15, 0.2) is 0 Å². The molecule has 0 unspecified atom stereocenters. The molecule has 0 spiro atoms. The van der Waals surface area contributed by atoms with E-state index in [1.807, 2.05) is 6.92 Å². The maximum atomic E-state index is 10.7. The van der Waals surface area contributed by atoms with Gasteiger partial charge in [0, 0.05) is 12.8 Å². The van der Waals surface area contributed by atoms with Crippen LogP contribution in [0.1, 0.15) is 45.4 Å². The number of hydrogen-bond donors (Lipinski definition) is 3. The Balaban J connectivity index is 0.000000331. The van der Waals surface area contributed by atoms with Gasteiger partial charge in [-0.2, -0.15) is 0 Å². The molecule has 2 amide bonds. The fourth-order valence-corrected chi connectivity index (χ4v) is 1.14. The summed E-state index contributed by atoms with van der Waals surface area (Å²) in [7, 11) is 0. The van der Waals surface area contributed by atoms with Crippen molar-refractivity contribution in [2.45, 2.75) is 45.4 Å². The van der Waals surface area contributed by atoms with Crippen LogP contribution in [-0.4, -0.2) is 29.7 Å². The molecule has 0 aromatic heterocycles. The van der Waals surface area contributed by atoms with Gasteiger partial charge < -0.3 is 9.84 Å². The van der Waals surface area contributed by atoms with E-state index in [1.54, 1.807) is 0 Å². The minimum absolute atomic E-state index is 0.104. The number of carbonyl (C=O) groups excluding carboxylic acids is 2. The number of nitrogens with one attached hydrogen (secondary N) is 2. The Hall–Kier alpha value is -1.79. The minimum Gasteiger partial charge on any atom is -0.450 e. The normalized spacial score (nSPS) is 15.2. The predicted octanol–water partition coefficient (Wildman–Crippen LogP) is 1.19. The van der Waals surface area contributed by atoms with Crippen molar-refractivity contribution in [2.75, 3.05) is 6.61 Å². The molecule has 0 radical (unpaired) electrons. The van der Waals surface area contributed by atoms with Crippen molar-refractivity contribution in [3.8, 4) is 0 Å². The first-order chi connectivity index (χ1) is 8.56. The lowest BCUT2D eigenvalue weighted by Crippen LogP contribution is -2.42. The molecule has 7 nitrogen and oxygen atoms in total. The Morgan fingerprint density at radius 2 is 1.72 bits per heavy atom. The van der Waals surface area contributed by atoms with Gasteiger partial charge in [0.25, 0.3) is 0 Å². The fourth-order valence-electron chi connectivity index (χ4n) is 1.14. The number of rotatable bonds is 3. The first-order valence-corrected chi connectivity index (χ1v) is 5.99. The summed E-state index contributed by atoms with van der Waals surface area (Å²) in [6.45, 7) is 2.30. The van der Waals surface area contributed by atoms with Gasteiger partial charge >= 0.3 is 6.16 Å². The molecule has 0 atom stereocenters. The highest BCUT2D eigenvalue weighted by Crippen LogP contribution is 2.00. The molecule has 0 saturated carbocycles. The van der Waals surface area contributed by atoms with Crippen LogP contribution < -0.4 is 10.9 Å². The van der Waals surface area contributed by atoms with Crippen molar-refractivity contribution in [3.63, 3.8) is 0 Å². The Morgan fingerprint density at radius 1 is 1.22 bits per heavy atom. The van der Waals surface area contributed by atoms with Gasteiger partial charge in [-0.3, -0.25) is 20.4 Å². The van der Waals surface area contributed by atoms with Gasteiger partial charge in [0.2, 0.25) is 11.8 Å². The van der Waals surface area contributed by atoms with Crippen LogP contribution in [0.2, 0.25) is 0 Å². The molecule has 7 heteroatoms. The smallest absolute Gasteiger partial charge is 0.450 e. The highest BCUT2D eigenvalue weighted by atomic mass is 16.7. The molecule has 1 heterocycles. The highest BCUT2D eigenvalue weighted by Gasteiger charge is 2.08. The van der Waals surface area contributed by atoms with Crippen molar-refractivity contribution in [2.24, 2.45) is 0 Å². The molecular weight excluding hydrogens is 240 g/mol. The van der Waals surface area contributed by atoms with Crippen molar-refractivity contribution in [1.29, 1.82) is 0 Å². The Labute approximate surface area is 106 Å². The summed E-state index contributed by atoms with van der Waals surface area (Å²) < 4.78 is 4.20. The third-order valence-corrected chi connectivity index (χ3v) is 2.12. The van der Waals surface area contributed by atoms with Crippen molar-refractivity contribution in [3.05, 3.63) is 0 Å². The summed E-state index contributed by atoms with van der Waals surface area (Å²) in [6, 6.07) is 0. The monoisotopic (exact) mass is 260 g/mol. The quantitative estimate of drug-likeness (QED) is 0.522. The first kappa shape index (κ1) is 16.2. The molecular formula is C11H20N2O5. The molecule has 3 N–H and O–H groups in total. The second kappa shape index (κ2) is 10.4. The average molecular weight is 260 g/mol. The molecule has 0 aromatic carbocycles. The summed E-state index contributed by atoms with van der Waals surface area (Å²) >= 11 is 0. The van der Waals surface area contributed by atoms with E-state index in [9.17, 15) is 14.4 Å². The van der Waals surface area contributed by atoms with Gasteiger partial charge in [0.15, 0.2) is 0 Å². The lowest BCUT2D eigenvalue weighted by atomic mass is 10.2. The molecule has 0 aliphatic carbocycles. The van der Waals surface area contributed by atoms with Gasteiger partial charge in [-0.15, -0.1) is 0 Å². The van der Waals surface area contributed by atoms with Gasteiger partial charge in [0.05, 0.1) is 6.61 Å². The standard InChI is InChI=1S/C6H10N2O2.C5H10O3/c9-5-3-1-2-4-6(10)8-7-5;1-2-3-4-8-5(6)7/h1-4H2,(H,7,9)(H,8,10);2-4H2,1H3,(H,6,7). The van der Waals surface area contributed by atoms with Crippen LogP contribution in [0.3, 0.4) is 0 Å². The fraction of sp³-hybridized carbons (Fsp3) is 0.727. The Bertz CT molecular complexity index is 263.